The van der Waals surface area contributed by atoms with E-state index >= 15 is 0 Å². The van der Waals surface area contributed by atoms with Gasteiger partial charge in [0.2, 0.25) is 5.91 Å². The standard InChI is InChI=1S/C36H41N3O5S/c1-23-26(16-10-18-30(23)40)33(42)38-29(21-24-11-3-2-4-12-24)31(41)35(44)39-22-45-36(19-7-8-20-36)32(39)34(43)37-28-17-9-14-25-13-5-6-15-27(25)28/h2-6,10-13,15-16,18,28-29,31-32,40-41H,7-9,14,17,19-22H2,1H3,(H,37,43)(H,38,42)/t28?,29-,31-,32+/m0/s1. The molecule has 1 heterocycles. The molecule has 236 valence electrons. The third kappa shape index (κ3) is 6.33. The number of hydrogen-bond acceptors (Lipinski definition) is 6. The Morgan fingerprint density at radius 3 is 2.49 bits per heavy atom. The topological polar surface area (TPSA) is 119 Å². The number of amides is 3. The minimum absolute atomic E-state index is 0.00993. The molecule has 0 aromatic heterocycles. The van der Waals surface area contributed by atoms with Crippen LogP contribution in [-0.2, 0) is 22.4 Å². The zero-order chi connectivity index (χ0) is 31.6. The number of aryl methyl sites for hydroxylation is 1. The first-order valence-electron chi connectivity index (χ1n) is 15.9. The van der Waals surface area contributed by atoms with Gasteiger partial charge in [-0.1, -0.05) is 73.5 Å². The number of benzene rings is 3. The van der Waals surface area contributed by atoms with E-state index in [2.05, 4.69) is 22.8 Å². The normalized spacial score (nSPS) is 21.6. The van der Waals surface area contributed by atoms with Crippen LogP contribution in [0.15, 0.2) is 72.8 Å². The number of aromatic hydroxyl groups is 1. The van der Waals surface area contributed by atoms with Crippen molar-refractivity contribution in [1.82, 2.24) is 15.5 Å². The van der Waals surface area contributed by atoms with Crippen LogP contribution in [0.2, 0.25) is 0 Å². The van der Waals surface area contributed by atoms with Crippen LogP contribution in [0, 0.1) is 6.92 Å². The number of rotatable bonds is 8. The molecule has 0 bridgehead atoms. The average molecular weight is 628 g/mol. The van der Waals surface area contributed by atoms with Crippen LogP contribution in [0.3, 0.4) is 0 Å². The molecule has 4 atom stereocenters. The minimum atomic E-state index is -1.59. The van der Waals surface area contributed by atoms with E-state index in [1.54, 1.807) is 35.7 Å². The Kier molecular flexibility index (Phi) is 9.19. The number of carbonyl (C=O) groups excluding carboxylic acids is 3. The van der Waals surface area contributed by atoms with Crippen LogP contribution in [0.1, 0.15) is 77.2 Å². The molecule has 0 radical (unpaired) electrons. The van der Waals surface area contributed by atoms with E-state index in [0.29, 0.717) is 11.4 Å². The number of carbonyl (C=O) groups is 3. The fourth-order valence-electron chi connectivity index (χ4n) is 7.32. The Morgan fingerprint density at radius 2 is 1.71 bits per heavy atom. The summed E-state index contributed by atoms with van der Waals surface area (Å²) in [6.07, 6.45) is 5.06. The zero-order valence-electron chi connectivity index (χ0n) is 25.6. The van der Waals surface area contributed by atoms with Gasteiger partial charge in [0.05, 0.1) is 18.0 Å². The number of nitrogens with zero attached hydrogens (tertiary/aromatic N) is 1. The molecule has 9 heteroatoms. The van der Waals surface area contributed by atoms with Gasteiger partial charge in [-0.3, -0.25) is 14.4 Å². The molecule has 3 aliphatic rings. The fraction of sp³-hybridized carbons (Fsp3) is 0.417. The van der Waals surface area contributed by atoms with Crippen molar-refractivity contribution in [2.45, 2.75) is 87.3 Å². The summed E-state index contributed by atoms with van der Waals surface area (Å²) in [6, 6.07) is 20.5. The summed E-state index contributed by atoms with van der Waals surface area (Å²) in [5.41, 5.74) is 3.90. The van der Waals surface area contributed by atoms with Crippen molar-refractivity contribution in [2.75, 3.05) is 5.88 Å². The molecular formula is C36H41N3O5S. The molecule has 1 saturated heterocycles. The van der Waals surface area contributed by atoms with E-state index in [-0.39, 0.29) is 29.7 Å². The molecule has 3 aromatic carbocycles. The Balaban J connectivity index is 1.26. The second-order valence-corrected chi connectivity index (χ2v) is 13.9. The second-order valence-electron chi connectivity index (χ2n) is 12.6. The number of aliphatic hydroxyl groups excluding tert-OH is 1. The molecule has 1 unspecified atom stereocenters. The summed E-state index contributed by atoms with van der Waals surface area (Å²) >= 11 is 1.64. The second kappa shape index (κ2) is 13.3. The highest BCUT2D eigenvalue weighted by atomic mass is 32.2. The molecule has 4 N–H and O–H groups in total. The molecule has 6 rings (SSSR count). The molecule has 1 aliphatic heterocycles. The first-order chi connectivity index (χ1) is 21.8. The molecule has 1 spiro atoms. The van der Waals surface area contributed by atoms with Gasteiger partial charge >= 0.3 is 0 Å². The van der Waals surface area contributed by atoms with Gasteiger partial charge in [-0.05, 0) is 74.3 Å². The number of fused-ring (bicyclic) bond motifs is 1. The first-order valence-corrected chi connectivity index (χ1v) is 16.9. The van der Waals surface area contributed by atoms with Gasteiger partial charge in [0, 0.05) is 15.9 Å². The molecular weight excluding hydrogens is 586 g/mol. The van der Waals surface area contributed by atoms with Crippen molar-refractivity contribution in [3.05, 3.63) is 101 Å². The van der Waals surface area contributed by atoms with Crippen LogP contribution in [-0.4, -0.2) is 61.6 Å². The van der Waals surface area contributed by atoms with Gasteiger partial charge in [0.15, 0.2) is 6.10 Å². The number of aliphatic hydroxyl groups is 1. The number of nitrogens with one attached hydrogen (secondary N) is 2. The third-order valence-corrected chi connectivity index (χ3v) is 11.4. The lowest BCUT2D eigenvalue weighted by Crippen LogP contribution is -2.59. The van der Waals surface area contributed by atoms with Crippen LogP contribution >= 0.6 is 11.8 Å². The number of phenols is 1. The molecule has 3 amide bonds. The van der Waals surface area contributed by atoms with Crippen molar-refractivity contribution in [3.8, 4) is 5.75 Å². The van der Waals surface area contributed by atoms with Gasteiger partial charge < -0.3 is 25.7 Å². The SMILES string of the molecule is Cc1c(O)cccc1C(=O)N[C@@H](Cc1ccccc1)[C@H](O)C(=O)N1CSC2(CCCC2)[C@H]1C(=O)NC1CCCc2ccccc21. The van der Waals surface area contributed by atoms with Crippen molar-refractivity contribution in [3.63, 3.8) is 0 Å². The maximum Gasteiger partial charge on any atom is 0.254 e. The highest BCUT2D eigenvalue weighted by Crippen LogP contribution is 2.51. The Labute approximate surface area is 268 Å². The number of phenolic OH excluding ortho intramolecular Hbond substituents is 1. The van der Waals surface area contributed by atoms with E-state index in [4.69, 9.17) is 0 Å². The van der Waals surface area contributed by atoms with Crippen LogP contribution in [0.25, 0.3) is 0 Å². The van der Waals surface area contributed by atoms with Gasteiger partial charge in [0.25, 0.3) is 11.8 Å². The summed E-state index contributed by atoms with van der Waals surface area (Å²) in [4.78, 5) is 43.5. The van der Waals surface area contributed by atoms with Crippen molar-refractivity contribution in [2.24, 2.45) is 0 Å². The van der Waals surface area contributed by atoms with Gasteiger partial charge in [-0.25, -0.2) is 0 Å². The van der Waals surface area contributed by atoms with Crippen LogP contribution in [0.4, 0.5) is 0 Å². The van der Waals surface area contributed by atoms with Gasteiger partial charge in [-0.15, -0.1) is 11.8 Å². The quantitative estimate of drug-likeness (QED) is 0.285. The smallest absolute Gasteiger partial charge is 0.254 e. The van der Waals surface area contributed by atoms with Crippen molar-refractivity contribution >= 4 is 29.5 Å². The largest absolute Gasteiger partial charge is 0.508 e. The first kappa shape index (κ1) is 31.2. The lowest BCUT2D eigenvalue weighted by atomic mass is 9.87. The fourth-order valence-corrected chi connectivity index (χ4v) is 8.96. The van der Waals surface area contributed by atoms with E-state index in [9.17, 15) is 24.6 Å². The Morgan fingerprint density at radius 1 is 0.978 bits per heavy atom. The lowest BCUT2D eigenvalue weighted by Gasteiger charge is -2.36. The predicted octanol–water partition coefficient (Wildman–Crippen LogP) is 4.81. The molecule has 8 nitrogen and oxygen atoms in total. The summed E-state index contributed by atoms with van der Waals surface area (Å²) in [5.74, 6) is -0.950. The highest BCUT2D eigenvalue weighted by molar-refractivity contribution is 8.01. The van der Waals surface area contributed by atoms with Crippen LogP contribution < -0.4 is 10.6 Å². The average Bonchev–Trinajstić information content (AvgIpc) is 3.69. The Hall–Kier alpha value is -3.82. The highest BCUT2D eigenvalue weighted by Gasteiger charge is 2.56. The van der Waals surface area contributed by atoms with Crippen molar-refractivity contribution < 1.29 is 24.6 Å². The van der Waals surface area contributed by atoms with E-state index in [1.165, 1.54) is 11.6 Å². The molecule has 3 aromatic rings. The minimum Gasteiger partial charge on any atom is -0.508 e. The Bertz CT molecular complexity index is 1560. The van der Waals surface area contributed by atoms with E-state index in [0.717, 1.165) is 56.1 Å². The summed E-state index contributed by atoms with van der Waals surface area (Å²) in [6.45, 7) is 1.65. The maximum atomic E-state index is 14.3. The van der Waals surface area contributed by atoms with Gasteiger partial charge in [0.1, 0.15) is 11.8 Å². The predicted molar refractivity (Wildman–Crippen MR) is 175 cm³/mol. The number of hydrogen-bond donors (Lipinski definition) is 4. The molecule has 1 saturated carbocycles. The zero-order valence-corrected chi connectivity index (χ0v) is 26.4. The maximum absolute atomic E-state index is 14.3. The van der Waals surface area contributed by atoms with Crippen LogP contribution in [0.5, 0.6) is 5.75 Å². The molecule has 2 aliphatic carbocycles. The van der Waals surface area contributed by atoms with Crippen molar-refractivity contribution in [1.29, 1.82) is 0 Å². The summed E-state index contributed by atoms with van der Waals surface area (Å²) in [5, 5.41) is 28.1. The van der Waals surface area contributed by atoms with E-state index < -0.39 is 34.7 Å². The van der Waals surface area contributed by atoms with E-state index in [1.807, 2.05) is 42.5 Å². The van der Waals surface area contributed by atoms with Gasteiger partial charge in [-0.2, -0.15) is 0 Å². The summed E-state index contributed by atoms with van der Waals surface area (Å²) < 4.78 is -0.398. The monoisotopic (exact) mass is 627 g/mol. The number of thioether (sulfide) groups is 1. The lowest BCUT2D eigenvalue weighted by molar-refractivity contribution is -0.147. The molecule has 2 fully saturated rings. The third-order valence-electron chi connectivity index (χ3n) is 9.77. The molecule has 45 heavy (non-hydrogen) atoms. The summed E-state index contributed by atoms with van der Waals surface area (Å²) in [7, 11) is 0.